The summed E-state index contributed by atoms with van der Waals surface area (Å²) in [5.74, 6) is 1.78. The highest BCUT2D eigenvalue weighted by Crippen LogP contribution is 2.40. The van der Waals surface area contributed by atoms with Crippen LogP contribution in [0.4, 0.5) is 0 Å². The van der Waals surface area contributed by atoms with E-state index < -0.39 is 5.60 Å². The molecule has 4 rings (SSSR count). The predicted octanol–water partition coefficient (Wildman–Crippen LogP) is 3.02. The molecule has 1 saturated heterocycles. The molecule has 146 valence electrons. The number of fused-ring (bicyclic) bond motifs is 1. The Labute approximate surface area is 164 Å². The smallest absolute Gasteiger partial charge is 0.260 e. The second-order valence-corrected chi connectivity index (χ2v) is 7.42. The van der Waals surface area contributed by atoms with Gasteiger partial charge >= 0.3 is 0 Å². The third-order valence-corrected chi connectivity index (χ3v) is 5.32. The van der Waals surface area contributed by atoms with Crippen LogP contribution in [0.25, 0.3) is 0 Å². The first-order valence-electron chi connectivity index (χ1n) is 9.35. The Morgan fingerprint density at radius 3 is 2.86 bits per heavy atom. The predicted molar refractivity (Wildman–Crippen MR) is 103 cm³/mol. The zero-order chi connectivity index (χ0) is 19.7. The number of ether oxygens (including phenoxy) is 3. The second kappa shape index (κ2) is 7.19. The van der Waals surface area contributed by atoms with Gasteiger partial charge < -0.3 is 19.1 Å². The fourth-order valence-corrected chi connectivity index (χ4v) is 3.83. The maximum atomic E-state index is 12.7. The van der Waals surface area contributed by atoms with Crippen LogP contribution in [0.2, 0.25) is 0 Å². The normalized spacial score (nSPS) is 20.6. The topological polar surface area (TPSA) is 65.1 Å². The molecule has 1 amide bonds. The van der Waals surface area contributed by atoms with Gasteiger partial charge in [-0.25, -0.2) is 0 Å². The van der Waals surface area contributed by atoms with E-state index >= 15 is 0 Å². The number of methoxy groups -OCH3 is 1. The summed E-state index contributed by atoms with van der Waals surface area (Å²) < 4.78 is 17.0. The van der Waals surface area contributed by atoms with Crippen molar-refractivity contribution in [1.82, 2.24) is 4.90 Å². The molecular formula is C22H23NO5. The maximum Gasteiger partial charge on any atom is 0.260 e. The molecule has 0 aliphatic carbocycles. The Hall–Kier alpha value is -3.02. The van der Waals surface area contributed by atoms with Gasteiger partial charge in [-0.2, -0.15) is 0 Å². The Balaban J connectivity index is 1.41. The number of carbonyl (C=O) groups excluding carboxylic acids is 2. The minimum absolute atomic E-state index is 0.0189. The van der Waals surface area contributed by atoms with E-state index in [1.165, 1.54) is 0 Å². The molecule has 28 heavy (non-hydrogen) atoms. The van der Waals surface area contributed by atoms with E-state index in [0.29, 0.717) is 42.3 Å². The average Bonchev–Trinajstić information content (AvgIpc) is 3.09. The van der Waals surface area contributed by atoms with Crippen LogP contribution in [0.5, 0.6) is 17.2 Å². The maximum absolute atomic E-state index is 12.7. The number of aryl methyl sites for hydroxylation is 1. The highest BCUT2D eigenvalue weighted by Gasteiger charge is 2.47. The lowest BCUT2D eigenvalue weighted by Crippen LogP contribution is -2.45. The lowest BCUT2D eigenvalue weighted by Gasteiger charge is -2.34. The molecular weight excluding hydrogens is 358 g/mol. The van der Waals surface area contributed by atoms with Crippen LogP contribution in [0.3, 0.4) is 0 Å². The molecule has 0 bridgehead atoms. The lowest BCUT2D eigenvalue weighted by molar-refractivity contribution is -0.133. The molecule has 2 aliphatic heterocycles. The number of rotatable bonds is 4. The van der Waals surface area contributed by atoms with E-state index in [-0.39, 0.29) is 24.7 Å². The molecule has 6 nitrogen and oxygen atoms in total. The summed E-state index contributed by atoms with van der Waals surface area (Å²) in [5, 5.41) is 0. The van der Waals surface area contributed by atoms with E-state index in [0.717, 1.165) is 5.56 Å². The number of hydrogen-bond donors (Lipinski definition) is 0. The standard InChI is InChI=1S/C22H23NO5/c1-15-4-3-5-17(10-15)27-13-21(25)23-9-8-22(14-23)12-19(24)18-11-16(26-2)6-7-20(18)28-22/h3-7,10-11H,8-9,12-14H2,1-2H3. The molecule has 0 radical (unpaired) electrons. The second-order valence-electron chi connectivity index (χ2n) is 7.42. The first-order chi connectivity index (χ1) is 13.5. The van der Waals surface area contributed by atoms with Gasteiger partial charge in [0, 0.05) is 13.0 Å². The SMILES string of the molecule is COc1ccc2c(c1)C(=O)CC1(CCN(C(=O)COc3cccc(C)c3)C1)O2. The fourth-order valence-electron chi connectivity index (χ4n) is 3.83. The van der Waals surface area contributed by atoms with E-state index in [2.05, 4.69) is 0 Å². The molecule has 1 unspecified atom stereocenters. The third-order valence-electron chi connectivity index (χ3n) is 5.32. The van der Waals surface area contributed by atoms with Gasteiger partial charge in [0.15, 0.2) is 12.4 Å². The number of carbonyl (C=O) groups is 2. The molecule has 0 aromatic heterocycles. The molecule has 6 heteroatoms. The van der Waals surface area contributed by atoms with Crippen LogP contribution in [0.15, 0.2) is 42.5 Å². The fraction of sp³-hybridized carbons (Fsp3) is 0.364. The largest absolute Gasteiger partial charge is 0.497 e. The minimum atomic E-state index is -0.655. The number of ketones is 1. The van der Waals surface area contributed by atoms with Crippen molar-refractivity contribution in [3.63, 3.8) is 0 Å². The Bertz CT molecular complexity index is 925. The van der Waals surface area contributed by atoms with Crippen molar-refractivity contribution in [3.8, 4) is 17.2 Å². The van der Waals surface area contributed by atoms with Gasteiger partial charge in [-0.15, -0.1) is 0 Å². The Morgan fingerprint density at radius 1 is 1.21 bits per heavy atom. The van der Waals surface area contributed by atoms with Gasteiger partial charge in [0.05, 0.1) is 25.6 Å². The van der Waals surface area contributed by atoms with Crippen molar-refractivity contribution in [2.75, 3.05) is 26.8 Å². The zero-order valence-electron chi connectivity index (χ0n) is 16.1. The van der Waals surface area contributed by atoms with Gasteiger partial charge in [-0.05, 0) is 42.8 Å². The summed E-state index contributed by atoms with van der Waals surface area (Å²) in [6.07, 6.45) is 0.885. The van der Waals surface area contributed by atoms with Gasteiger partial charge in [0.2, 0.25) is 0 Å². The molecule has 1 atom stereocenters. The number of hydrogen-bond acceptors (Lipinski definition) is 5. The summed E-state index contributed by atoms with van der Waals surface area (Å²) >= 11 is 0. The van der Waals surface area contributed by atoms with Crippen LogP contribution in [-0.2, 0) is 4.79 Å². The van der Waals surface area contributed by atoms with Crippen molar-refractivity contribution in [2.24, 2.45) is 0 Å². The van der Waals surface area contributed by atoms with Crippen LogP contribution >= 0.6 is 0 Å². The lowest BCUT2D eigenvalue weighted by atomic mass is 9.89. The van der Waals surface area contributed by atoms with Crippen molar-refractivity contribution in [3.05, 3.63) is 53.6 Å². The molecule has 1 spiro atoms. The number of benzene rings is 2. The van der Waals surface area contributed by atoms with E-state index in [1.807, 2.05) is 31.2 Å². The van der Waals surface area contributed by atoms with Crippen molar-refractivity contribution in [1.29, 1.82) is 0 Å². The van der Waals surface area contributed by atoms with Crippen LogP contribution in [0, 0.1) is 6.92 Å². The Morgan fingerprint density at radius 2 is 2.07 bits per heavy atom. The van der Waals surface area contributed by atoms with E-state index in [9.17, 15) is 9.59 Å². The molecule has 2 aromatic rings. The summed E-state index contributed by atoms with van der Waals surface area (Å²) in [6.45, 7) is 2.89. The molecule has 2 aliphatic rings. The first kappa shape index (κ1) is 18.3. The number of likely N-dealkylation sites (tertiary alicyclic amines) is 1. The van der Waals surface area contributed by atoms with Crippen molar-refractivity contribution in [2.45, 2.75) is 25.4 Å². The monoisotopic (exact) mass is 381 g/mol. The average molecular weight is 381 g/mol. The highest BCUT2D eigenvalue weighted by molar-refractivity contribution is 6.01. The quantitative estimate of drug-likeness (QED) is 0.815. The number of Topliss-reactive ketones (excluding diaryl/α,β-unsaturated/α-hetero) is 1. The molecule has 1 fully saturated rings. The summed E-state index contributed by atoms with van der Waals surface area (Å²) in [7, 11) is 1.57. The summed E-state index contributed by atoms with van der Waals surface area (Å²) in [5.41, 5.74) is 0.963. The van der Waals surface area contributed by atoms with Crippen molar-refractivity contribution < 1.29 is 23.8 Å². The third kappa shape index (κ3) is 3.54. The molecule has 0 N–H and O–H groups in total. The zero-order valence-corrected chi connectivity index (χ0v) is 16.1. The van der Waals surface area contributed by atoms with E-state index in [4.69, 9.17) is 14.2 Å². The van der Waals surface area contributed by atoms with E-state index in [1.54, 1.807) is 30.2 Å². The van der Waals surface area contributed by atoms with Crippen LogP contribution in [0.1, 0.15) is 28.8 Å². The molecule has 2 heterocycles. The highest BCUT2D eigenvalue weighted by atomic mass is 16.5. The number of amides is 1. The van der Waals surface area contributed by atoms with Gasteiger partial charge in [0.25, 0.3) is 5.91 Å². The Kier molecular flexibility index (Phi) is 4.71. The first-order valence-corrected chi connectivity index (χ1v) is 9.35. The number of nitrogens with zero attached hydrogens (tertiary/aromatic N) is 1. The molecule has 0 saturated carbocycles. The van der Waals surface area contributed by atoms with Crippen molar-refractivity contribution >= 4 is 11.7 Å². The van der Waals surface area contributed by atoms with Gasteiger partial charge in [-0.3, -0.25) is 9.59 Å². The summed E-state index contributed by atoms with van der Waals surface area (Å²) in [6, 6.07) is 12.8. The van der Waals surface area contributed by atoms with Gasteiger partial charge in [-0.1, -0.05) is 12.1 Å². The van der Waals surface area contributed by atoms with Gasteiger partial charge in [0.1, 0.15) is 22.8 Å². The summed E-state index contributed by atoms with van der Waals surface area (Å²) in [4.78, 5) is 27.0. The molecule has 2 aromatic carbocycles. The van der Waals surface area contributed by atoms with Crippen LogP contribution < -0.4 is 14.2 Å². The van der Waals surface area contributed by atoms with Crippen LogP contribution in [-0.4, -0.2) is 49.0 Å². The minimum Gasteiger partial charge on any atom is -0.497 e.